The summed E-state index contributed by atoms with van der Waals surface area (Å²) in [6.45, 7) is 9.88. The number of carbonyl (C=O) groups excluding carboxylic acids is 1. The second kappa shape index (κ2) is 10.3. The summed E-state index contributed by atoms with van der Waals surface area (Å²) in [5, 5.41) is 2.73. The highest BCUT2D eigenvalue weighted by Gasteiger charge is 2.23. The summed E-state index contributed by atoms with van der Waals surface area (Å²) in [7, 11) is 0. The molecule has 0 radical (unpaired) electrons. The first-order chi connectivity index (χ1) is 18.3. The van der Waals surface area contributed by atoms with Gasteiger partial charge in [0.1, 0.15) is 6.33 Å². The van der Waals surface area contributed by atoms with E-state index in [1.54, 1.807) is 6.92 Å². The molecule has 0 atom stereocenters. The summed E-state index contributed by atoms with van der Waals surface area (Å²) in [6.07, 6.45) is 1.06. The van der Waals surface area contributed by atoms with E-state index in [1.807, 2.05) is 24.3 Å². The second-order valence-electron chi connectivity index (χ2n) is 9.11. The van der Waals surface area contributed by atoms with Gasteiger partial charge in [0, 0.05) is 61.6 Å². The lowest BCUT2D eigenvalue weighted by molar-refractivity contribution is 0.0939. The third kappa shape index (κ3) is 4.76. The summed E-state index contributed by atoms with van der Waals surface area (Å²) in [5.74, 6) is -4.57. The fourth-order valence-electron chi connectivity index (χ4n) is 4.73. The van der Waals surface area contributed by atoms with Gasteiger partial charge < -0.3 is 19.9 Å². The number of fused-ring (bicyclic) bond motifs is 1. The normalized spacial score (nSPS) is 14.2. The molecule has 4 aromatic rings. The average Bonchev–Trinajstić information content (AvgIpc) is 3.28. The molecule has 0 bridgehead atoms. The molecule has 11 heteroatoms. The number of carbonyl (C=O) groups is 1. The van der Waals surface area contributed by atoms with Crippen molar-refractivity contribution in [2.24, 2.45) is 0 Å². The van der Waals surface area contributed by atoms with Crippen LogP contribution in [0.1, 0.15) is 24.3 Å². The number of anilines is 3. The minimum absolute atomic E-state index is 0.156. The molecule has 198 valence electrons. The molecule has 38 heavy (non-hydrogen) atoms. The van der Waals surface area contributed by atoms with Gasteiger partial charge in [0.05, 0.1) is 5.52 Å². The number of nitrogens with zero attached hydrogens (tertiary/aromatic N) is 5. The number of likely N-dealkylation sites (N-methyl/N-ethyl adjacent to an activating group) is 1. The van der Waals surface area contributed by atoms with E-state index in [9.17, 15) is 9.18 Å². The number of rotatable bonds is 6. The van der Waals surface area contributed by atoms with Gasteiger partial charge >= 0.3 is 0 Å². The van der Waals surface area contributed by atoms with Gasteiger partial charge in [0.15, 0.2) is 23.2 Å². The third-order valence-electron chi connectivity index (χ3n) is 6.72. The van der Waals surface area contributed by atoms with Gasteiger partial charge in [-0.15, -0.1) is 0 Å². The van der Waals surface area contributed by atoms with Gasteiger partial charge in [-0.2, -0.15) is 9.37 Å². The van der Waals surface area contributed by atoms with Crippen LogP contribution in [0.3, 0.4) is 0 Å². The monoisotopic (exact) mass is 524 g/mol. The number of hydrogen-bond acceptors (Lipinski definition) is 7. The summed E-state index contributed by atoms with van der Waals surface area (Å²) in [5.41, 5.74) is 1.81. The molecule has 8 nitrogen and oxygen atoms in total. The maximum absolute atomic E-state index is 15.2. The second-order valence-corrected chi connectivity index (χ2v) is 9.11. The molecule has 1 fully saturated rings. The first-order valence-electron chi connectivity index (χ1n) is 12.3. The van der Waals surface area contributed by atoms with Gasteiger partial charge in [-0.25, -0.2) is 13.8 Å². The lowest BCUT2D eigenvalue weighted by atomic mass is 10.2. The van der Waals surface area contributed by atoms with Gasteiger partial charge in [0.2, 0.25) is 11.7 Å². The van der Waals surface area contributed by atoms with Crippen LogP contribution in [0.15, 0.2) is 42.7 Å². The molecule has 0 unspecified atom stereocenters. The Bertz CT molecular complexity index is 1500. The van der Waals surface area contributed by atoms with Gasteiger partial charge in [-0.05, 0) is 43.8 Å². The zero-order valence-corrected chi connectivity index (χ0v) is 21.3. The van der Waals surface area contributed by atoms with Crippen LogP contribution >= 0.6 is 0 Å². The maximum Gasteiger partial charge on any atom is 0.261 e. The Morgan fingerprint density at radius 2 is 1.74 bits per heavy atom. The number of halogens is 3. The molecule has 0 amide bonds. The molecule has 5 rings (SSSR count). The van der Waals surface area contributed by atoms with Crippen LogP contribution in [-0.2, 0) is 0 Å². The Labute approximate surface area is 217 Å². The fourth-order valence-corrected chi connectivity index (χ4v) is 4.73. The van der Waals surface area contributed by atoms with E-state index in [0.717, 1.165) is 55.4 Å². The van der Waals surface area contributed by atoms with Crippen molar-refractivity contribution in [3.8, 4) is 11.6 Å². The van der Waals surface area contributed by atoms with Gasteiger partial charge in [-0.1, -0.05) is 6.92 Å². The molecule has 2 aromatic carbocycles. The van der Waals surface area contributed by atoms with E-state index in [-0.39, 0.29) is 16.7 Å². The Morgan fingerprint density at radius 1 is 1.03 bits per heavy atom. The highest BCUT2D eigenvalue weighted by molar-refractivity contribution is 5.94. The Kier molecular flexibility index (Phi) is 6.94. The number of benzene rings is 2. The van der Waals surface area contributed by atoms with Gasteiger partial charge in [0.25, 0.3) is 5.88 Å². The van der Waals surface area contributed by atoms with Crippen LogP contribution in [0.5, 0.6) is 11.6 Å². The summed E-state index contributed by atoms with van der Waals surface area (Å²) in [6, 6.07) is 9.62. The predicted molar refractivity (Wildman–Crippen MR) is 139 cm³/mol. The van der Waals surface area contributed by atoms with E-state index < -0.39 is 35.0 Å². The zero-order chi connectivity index (χ0) is 27.0. The molecule has 1 aliphatic heterocycles. The average molecular weight is 525 g/mol. The minimum atomic E-state index is -0.968. The lowest BCUT2D eigenvalue weighted by Crippen LogP contribution is -2.46. The topological polar surface area (TPSA) is 75.5 Å². The van der Waals surface area contributed by atoms with Crippen LogP contribution in [0.2, 0.25) is 0 Å². The van der Waals surface area contributed by atoms with Crippen molar-refractivity contribution in [1.82, 2.24) is 19.4 Å². The Hall–Kier alpha value is -4.12. The lowest BCUT2D eigenvalue weighted by Gasteiger charge is -2.35. The Balaban J connectivity index is 1.36. The van der Waals surface area contributed by atoms with Crippen LogP contribution in [0, 0.1) is 24.4 Å². The maximum atomic E-state index is 15.2. The number of nitrogens with one attached hydrogen (secondary N) is 1. The minimum Gasteiger partial charge on any atom is -0.433 e. The van der Waals surface area contributed by atoms with Crippen molar-refractivity contribution in [3.63, 3.8) is 0 Å². The summed E-state index contributed by atoms with van der Waals surface area (Å²) >= 11 is 0. The number of hydrogen-bond donors (Lipinski definition) is 1. The SMILES string of the molecule is CCN1CCN(c2ccc(Nc3ncnc(Oc4cc(F)c5c(cc(C)n5C(C)=O)c4F)c3F)cc2)CC1. The standard InChI is InChI=1S/C27H27F3N6O2/c1-4-34-9-11-35(12-10-34)19-7-5-18(6-8-19)33-26-24(30)27(32-15-31-26)38-22-14-21(28)25-20(23(22)29)13-16(2)36(25)17(3)37/h5-8,13-15H,4,9-12H2,1-3H3,(H,31,32,33). The van der Waals surface area contributed by atoms with Crippen molar-refractivity contribution < 1.29 is 22.7 Å². The van der Waals surface area contributed by atoms with Crippen molar-refractivity contribution in [2.45, 2.75) is 20.8 Å². The van der Waals surface area contributed by atoms with E-state index in [0.29, 0.717) is 11.4 Å². The molecule has 1 aliphatic rings. The van der Waals surface area contributed by atoms with Crippen molar-refractivity contribution in [2.75, 3.05) is 42.9 Å². The van der Waals surface area contributed by atoms with Crippen LogP contribution < -0.4 is 15.0 Å². The highest BCUT2D eigenvalue weighted by atomic mass is 19.1. The Morgan fingerprint density at radius 3 is 2.39 bits per heavy atom. The molecule has 3 heterocycles. The highest BCUT2D eigenvalue weighted by Crippen LogP contribution is 2.35. The third-order valence-corrected chi connectivity index (χ3v) is 6.72. The smallest absolute Gasteiger partial charge is 0.261 e. The van der Waals surface area contributed by atoms with E-state index in [4.69, 9.17) is 4.74 Å². The first-order valence-corrected chi connectivity index (χ1v) is 12.3. The quantitative estimate of drug-likeness (QED) is 0.357. The molecular formula is C27H27F3N6O2. The molecule has 0 spiro atoms. The molecule has 2 aromatic heterocycles. The summed E-state index contributed by atoms with van der Waals surface area (Å²) in [4.78, 5) is 24.3. The van der Waals surface area contributed by atoms with Crippen LogP contribution in [-0.4, -0.2) is 58.1 Å². The number of aromatic nitrogens is 3. The van der Waals surface area contributed by atoms with E-state index in [1.165, 1.54) is 13.0 Å². The predicted octanol–water partition coefficient (Wildman–Crippen LogP) is 5.49. The number of piperazine rings is 1. The van der Waals surface area contributed by atoms with Crippen LogP contribution in [0.4, 0.5) is 30.4 Å². The first kappa shape index (κ1) is 25.5. The van der Waals surface area contributed by atoms with Crippen LogP contribution in [0.25, 0.3) is 10.9 Å². The van der Waals surface area contributed by atoms with E-state index in [2.05, 4.69) is 32.0 Å². The van der Waals surface area contributed by atoms with Crippen molar-refractivity contribution >= 4 is 34.0 Å². The summed E-state index contributed by atoms with van der Waals surface area (Å²) < 4.78 is 51.7. The molecule has 0 aliphatic carbocycles. The van der Waals surface area contributed by atoms with E-state index >= 15 is 8.78 Å². The number of ether oxygens (including phenoxy) is 1. The van der Waals surface area contributed by atoms with Gasteiger partial charge in [-0.3, -0.25) is 9.36 Å². The molecule has 1 saturated heterocycles. The molecule has 0 saturated carbocycles. The zero-order valence-electron chi connectivity index (χ0n) is 21.3. The largest absolute Gasteiger partial charge is 0.433 e. The molecule has 1 N–H and O–H groups in total. The fraction of sp³-hybridized carbons (Fsp3) is 0.296. The number of aryl methyl sites for hydroxylation is 1. The molecular weight excluding hydrogens is 497 g/mol. The van der Waals surface area contributed by atoms with Crippen molar-refractivity contribution in [3.05, 3.63) is 65.9 Å². The van der Waals surface area contributed by atoms with Crippen molar-refractivity contribution in [1.29, 1.82) is 0 Å².